The van der Waals surface area contributed by atoms with E-state index in [0.29, 0.717) is 13.2 Å². The summed E-state index contributed by atoms with van der Waals surface area (Å²) in [4.78, 5) is 20.3. The molecule has 42 heavy (non-hydrogen) atoms. The first-order valence-corrected chi connectivity index (χ1v) is 22.5. The molecule has 1 aliphatic heterocycles. The van der Waals surface area contributed by atoms with Gasteiger partial charge in [-0.15, -0.1) is 0 Å². The van der Waals surface area contributed by atoms with Gasteiger partial charge in [0.15, 0.2) is 20.2 Å². The zero-order valence-electron chi connectivity index (χ0n) is 27.5. The molecule has 6 nitrogen and oxygen atoms in total. The summed E-state index contributed by atoms with van der Waals surface area (Å²) >= 11 is 0. The van der Waals surface area contributed by atoms with Crippen molar-refractivity contribution in [3.63, 3.8) is 0 Å². The Morgan fingerprint density at radius 2 is 1.74 bits per heavy atom. The van der Waals surface area contributed by atoms with E-state index in [9.17, 15) is 4.79 Å². The number of carbonyl (C=O) groups is 1. The summed E-state index contributed by atoms with van der Waals surface area (Å²) in [7, 11) is -2.89. The number of ketones is 1. The molecule has 0 unspecified atom stereocenters. The van der Waals surface area contributed by atoms with Gasteiger partial charge in [0, 0.05) is 39.3 Å². The van der Waals surface area contributed by atoms with E-state index in [-0.39, 0.29) is 23.7 Å². The Morgan fingerprint density at radius 3 is 2.36 bits per heavy atom. The molecule has 1 aliphatic rings. The molecule has 8 heteroatoms. The van der Waals surface area contributed by atoms with Crippen molar-refractivity contribution in [3.8, 4) is 0 Å². The van der Waals surface area contributed by atoms with Crippen molar-refractivity contribution in [3.05, 3.63) is 59.9 Å². The highest BCUT2D eigenvalue weighted by Crippen LogP contribution is 2.37. The molecule has 0 fully saturated rings. The molecule has 4 atom stereocenters. The van der Waals surface area contributed by atoms with Gasteiger partial charge in [0.25, 0.3) is 0 Å². The lowest BCUT2D eigenvalue weighted by Crippen LogP contribution is -2.40. The van der Waals surface area contributed by atoms with Gasteiger partial charge in [0.2, 0.25) is 0 Å². The van der Waals surface area contributed by atoms with Gasteiger partial charge in [-0.3, -0.25) is 4.79 Å². The van der Waals surface area contributed by atoms with Crippen molar-refractivity contribution >= 4 is 27.9 Å². The summed E-state index contributed by atoms with van der Waals surface area (Å²) in [6.07, 6.45) is 4.87. The maximum atomic E-state index is 14.3. The SMILES string of the molecule is CCC[C@@H](C[C@H](C)O[Si](CC)(CC)CC)[C@H](C(=O)[C@H]1CC(c2cccn2COCC[Si](C)(C)C)=NO1)c1ccccc1. The highest BCUT2D eigenvalue weighted by Gasteiger charge is 2.40. The van der Waals surface area contributed by atoms with Gasteiger partial charge in [-0.05, 0) is 67.6 Å². The molecule has 0 amide bonds. The second-order valence-electron chi connectivity index (χ2n) is 13.3. The second-order valence-corrected chi connectivity index (χ2v) is 23.6. The monoisotopic (exact) mass is 612 g/mol. The van der Waals surface area contributed by atoms with Crippen LogP contribution in [0.3, 0.4) is 0 Å². The standard InChI is InChI=1S/C34H56N2O4Si2/c1-9-17-29(24-27(5)40-42(10-2,11-3)12-4)33(28-18-14-13-15-19-28)34(37)32-25-30(35-39-32)31-20-16-21-36(31)26-38-22-23-41(6,7)8/h13-16,18-21,27,29,32-33H,9-12,17,22-26H2,1-8H3/t27-,29-,32+,33+/m0/s1. The number of oxime groups is 1. The molecule has 2 aromatic rings. The van der Waals surface area contributed by atoms with Crippen LogP contribution >= 0.6 is 0 Å². The summed E-state index contributed by atoms with van der Waals surface area (Å²) in [6, 6.07) is 18.8. The Kier molecular flexibility index (Phi) is 13.3. The fourth-order valence-electron chi connectivity index (χ4n) is 6.23. The molecule has 0 aliphatic carbocycles. The van der Waals surface area contributed by atoms with Gasteiger partial charge in [0.05, 0.1) is 5.69 Å². The number of carbonyl (C=O) groups excluding carboxylic acids is 1. The summed E-state index contributed by atoms with van der Waals surface area (Å²) < 4.78 is 14.9. The minimum atomic E-state index is -1.74. The lowest BCUT2D eigenvalue weighted by atomic mass is 9.76. The van der Waals surface area contributed by atoms with Gasteiger partial charge >= 0.3 is 0 Å². The Hall–Kier alpha value is -2.01. The molecule has 3 rings (SSSR count). The topological polar surface area (TPSA) is 62.0 Å². The van der Waals surface area contributed by atoms with E-state index >= 15 is 0 Å². The maximum Gasteiger partial charge on any atom is 0.192 e. The Morgan fingerprint density at radius 1 is 1.05 bits per heavy atom. The van der Waals surface area contributed by atoms with Crippen LogP contribution in [0.2, 0.25) is 43.8 Å². The predicted molar refractivity (Wildman–Crippen MR) is 180 cm³/mol. The molecule has 0 N–H and O–H groups in total. The lowest BCUT2D eigenvalue weighted by molar-refractivity contribution is -0.132. The van der Waals surface area contributed by atoms with E-state index in [1.807, 2.05) is 36.5 Å². The molecule has 0 saturated heterocycles. The van der Waals surface area contributed by atoms with Crippen LogP contribution < -0.4 is 0 Å². The number of rotatable bonds is 19. The number of ether oxygens (including phenoxy) is 1. The summed E-state index contributed by atoms with van der Waals surface area (Å²) in [5, 5.41) is 4.44. The molecular formula is C34H56N2O4Si2. The smallest absolute Gasteiger partial charge is 0.192 e. The number of hydrogen-bond acceptors (Lipinski definition) is 5. The van der Waals surface area contributed by atoms with Crippen molar-refractivity contribution in [2.75, 3.05) is 6.61 Å². The molecule has 0 spiro atoms. The van der Waals surface area contributed by atoms with Crippen LogP contribution in [0, 0.1) is 5.92 Å². The second kappa shape index (κ2) is 16.2. The van der Waals surface area contributed by atoms with Gasteiger partial charge in [-0.2, -0.15) is 0 Å². The van der Waals surface area contributed by atoms with Crippen molar-refractivity contribution in [1.29, 1.82) is 0 Å². The van der Waals surface area contributed by atoms with Crippen molar-refractivity contribution < 1.29 is 18.8 Å². The maximum absolute atomic E-state index is 14.3. The molecule has 0 saturated carbocycles. The van der Waals surface area contributed by atoms with Crippen LogP contribution in [-0.2, 0) is 25.5 Å². The third-order valence-electron chi connectivity index (χ3n) is 8.95. The quantitative estimate of drug-likeness (QED) is 0.117. The average molecular weight is 613 g/mol. The molecule has 2 heterocycles. The van der Waals surface area contributed by atoms with E-state index in [1.54, 1.807) is 0 Å². The molecule has 0 bridgehead atoms. The molecule has 1 aromatic carbocycles. The first-order valence-electron chi connectivity index (χ1n) is 16.3. The Labute approximate surface area is 257 Å². The highest BCUT2D eigenvalue weighted by atomic mass is 28.4. The molecule has 0 radical (unpaired) electrons. The number of benzene rings is 1. The van der Waals surface area contributed by atoms with E-state index in [2.05, 4.69) is 76.1 Å². The Bertz CT molecular complexity index is 1120. The third-order valence-corrected chi connectivity index (χ3v) is 15.4. The largest absolute Gasteiger partial charge is 0.414 e. The van der Waals surface area contributed by atoms with Crippen LogP contribution in [0.1, 0.15) is 77.5 Å². The molecular weight excluding hydrogens is 557 g/mol. The first-order chi connectivity index (χ1) is 20.1. The van der Waals surface area contributed by atoms with E-state index < -0.39 is 22.5 Å². The van der Waals surface area contributed by atoms with Gasteiger partial charge in [0.1, 0.15) is 12.4 Å². The van der Waals surface area contributed by atoms with Crippen LogP contribution in [0.5, 0.6) is 0 Å². The summed E-state index contributed by atoms with van der Waals surface area (Å²) in [5.41, 5.74) is 2.84. The molecule has 234 valence electrons. The summed E-state index contributed by atoms with van der Waals surface area (Å²) in [6.45, 7) is 19.6. The number of Topliss-reactive ketones (excluding diaryl/α,β-unsaturated/α-hetero) is 1. The minimum absolute atomic E-state index is 0.118. The predicted octanol–water partition coefficient (Wildman–Crippen LogP) is 8.86. The minimum Gasteiger partial charge on any atom is -0.414 e. The van der Waals surface area contributed by atoms with Crippen molar-refractivity contribution in [2.45, 2.75) is 129 Å². The van der Waals surface area contributed by atoms with E-state index in [1.165, 1.54) is 0 Å². The normalized spacial score (nSPS) is 17.9. The summed E-state index contributed by atoms with van der Waals surface area (Å²) in [5.74, 6) is 0.0444. The van der Waals surface area contributed by atoms with E-state index in [4.69, 9.17) is 14.0 Å². The van der Waals surface area contributed by atoms with Crippen LogP contribution in [0.4, 0.5) is 0 Å². The number of nitrogens with zero attached hydrogens (tertiary/aromatic N) is 2. The molecule has 1 aromatic heterocycles. The Balaban J connectivity index is 1.76. The van der Waals surface area contributed by atoms with Crippen molar-refractivity contribution in [1.82, 2.24) is 4.57 Å². The van der Waals surface area contributed by atoms with Crippen LogP contribution in [0.15, 0.2) is 53.8 Å². The van der Waals surface area contributed by atoms with Gasteiger partial charge in [-0.25, -0.2) is 0 Å². The van der Waals surface area contributed by atoms with Gasteiger partial charge in [-0.1, -0.05) is 89.2 Å². The average Bonchev–Trinajstić information content (AvgIpc) is 3.64. The van der Waals surface area contributed by atoms with Gasteiger partial charge < -0.3 is 18.6 Å². The zero-order chi connectivity index (χ0) is 30.8. The fourth-order valence-corrected chi connectivity index (χ4v) is 9.94. The van der Waals surface area contributed by atoms with Crippen LogP contribution in [0.25, 0.3) is 0 Å². The van der Waals surface area contributed by atoms with Crippen LogP contribution in [-0.4, -0.2) is 51.3 Å². The highest BCUT2D eigenvalue weighted by molar-refractivity contribution is 6.76. The van der Waals surface area contributed by atoms with Crippen molar-refractivity contribution in [2.24, 2.45) is 11.1 Å². The number of hydrogen-bond donors (Lipinski definition) is 0. The lowest BCUT2D eigenvalue weighted by Gasteiger charge is -2.35. The zero-order valence-corrected chi connectivity index (χ0v) is 29.5. The van der Waals surface area contributed by atoms with E-state index in [0.717, 1.165) is 67.0 Å². The first kappa shape index (κ1) is 34.5. The number of aromatic nitrogens is 1. The third kappa shape index (κ3) is 9.50. The fraction of sp³-hybridized carbons (Fsp3) is 0.647.